The Labute approximate surface area is 144 Å². The van der Waals surface area contributed by atoms with Crippen LogP contribution in [-0.4, -0.2) is 31.7 Å². The van der Waals surface area contributed by atoms with Crippen molar-refractivity contribution in [3.8, 4) is 0 Å². The first-order valence-corrected chi connectivity index (χ1v) is 8.37. The SMILES string of the molecule is CN([C@H](c1ccc(C(F)(F)F)cc1)C(F)(F)F)S(=N)(=O)c1cncnc1. The lowest BCUT2D eigenvalue weighted by Gasteiger charge is -2.31. The molecule has 0 saturated carbocycles. The minimum atomic E-state index is -4.99. The molecule has 2 rings (SSSR count). The highest BCUT2D eigenvalue weighted by Crippen LogP contribution is 2.40. The van der Waals surface area contributed by atoms with Crippen LogP contribution in [0.2, 0.25) is 0 Å². The highest BCUT2D eigenvalue weighted by Gasteiger charge is 2.47. The van der Waals surface area contributed by atoms with Crippen molar-refractivity contribution in [3.05, 3.63) is 54.1 Å². The van der Waals surface area contributed by atoms with Gasteiger partial charge in [0.25, 0.3) is 0 Å². The van der Waals surface area contributed by atoms with Crippen molar-refractivity contribution in [3.63, 3.8) is 0 Å². The van der Waals surface area contributed by atoms with Gasteiger partial charge in [-0.15, -0.1) is 0 Å². The summed E-state index contributed by atoms with van der Waals surface area (Å²) in [6, 6.07) is -0.267. The maximum absolute atomic E-state index is 13.5. The highest BCUT2D eigenvalue weighted by molar-refractivity contribution is 7.90. The Kier molecular flexibility index (Phi) is 5.29. The lowest BCUT2D eigenvalue weighted by molar-refractivity contribution is -0.170. The molecule has 0 aliphatic rings. The molecule has 0 spiro atoms. The third-order valence-electron chi connectivity index (χ3n) is 3.49. The molecule has 1 aromatic carbocycles. The van der Waals surface area contributed by atoms with Gasteiger partial charge in [0.05, 0.1) is 10.5 Å². The fraction of sp³-hybridized carbons (Fsp3) is 0.286. The number of nitrogens with zero attached hydrogens (tertiary/aromatic N) is 3. The van der Waals surface area contributed by atoms with E-state index in [1.165, 1.54) is 0 Å². The van der Waals surface area contributed by atoms with Crippen LogP contribution in [0.5, 0.6) is 0 Å². The molecule has 0 radical (unpaired) electrons. The number of nitrogens with one attached hydrogen (secondary N) is 1. The molecule has 26 heavy (non-hydrogen) atoms. The third-order valence-corrected chi connectivity index (χ3v) is 5.36. The van der Waals surface area contributed by atoms with E-state index in [1.807, 2.05) is 0 Å². The second kappa shape index (κ2) is 6.83. The first kappa shape index (κ1) is 20.1. The minimum absolute atomic E-state index is 0.244. The summed E-state index contributed by atoms with van der Waals surface area (Å²) in [5.41, 5.74) is -1.70. The van der Waals surface area contributed by atoms with Gasteiger partial charge in [-0.1, -0.05) is 12.1 Å². The maximum atomic E-state index is 13.5. The second-order valence-corrected chi connectivity index (χ2v) is 7.31. The van der Waals surface area contributed by atoms with Crippen LogP contribution < -0.4 is 0 Å². The number of halogens is 6. The standard InChI is InChI=1S/C14H12F6N4OS/c1-24(26(21,25)11-6-22-8-23-7-11)12(14(18,19)20)9-2-4-10(5-3-9)13(15,16)17/h2-8,12,21H,1H3/t12-,26?/m1/s1. The molecular weight excluding hydrogens is 386 g/mol. The molecule has 1 unspecified atom stereocenters. The van der Waals surface area contributed by atoms with Crippen LogP contribution in [0, 0.1) is 4.78 Å². The zero-order chi connectivity index (χ0) is 19.8. The summed E-state index contributed by atoms with van der Waals surface area (Å²) < 4.78 is 99.1. The van der Waals surface area contributed by atoms with Crippen LogP contribution in [0.15, 0.2) is 47.9 Å². The van der Waals surface area contributed by atoms with Gasteiger partial charge in [0.2, 0.25) is 0 Å². The summed E-state index contributed by atoms with van der Waals surface area (Å²) in [4.78, 5) is 6.69. The zero-order valence-electron chi connectivity index (χ0n) is 13.0. The molecule has 0 bridgehead atoms. The fourth-order valence-electron chi connectivity index (χ4n) is 2.20. The second-order valence-electron chi connectivity index (χ2n) is 5.21. The van der Waals surface area contributed by atoms with E-state index < -0.39 is 39.4 Å². The van der Waals surface area contributed by atoms with E-state index in [2.05, 4.69) is 9.97 Å². The van der Waals surface area contributed by atoms with Crippen LogP contribution in [-0.2, 0) is 16.1 Å². The van der Waals surface area contributed by atoms with Gasteiger partial charge in [-0.2, -0.15) is 26.3 Å². The maximum Gasteiger partial charge on any atom is 0.416 e. The largest absolute Gasteiger partial charge is 0.416 e. The number of rotatable bonds is 4. The van der Waals surface area contributed by atoms with Gasteiger partial charge >= 0.3 is 12.4 Å². The lowest BCUT2D eigenvalue weighted by atomic mass is 10.0. The number of hydrogen-bond donors (Lipinski definition) is 1. The number of hydrogen-bond acceptors (Lipinski definition) is 4. The highest BCUT2D eigenvalue weighted by atomic mass is 32.2. The van der Waals surface area contributed by atoms with E-state index in [9.17, 15) is 30.6 Å². The van der Waals surface area contributed by atoms with Crippen LogP contribution in [0.3, 0.4) is 0 Å². The predicted octanol–water partition coefficient (Wildman–Crippen LogP) is 4.05. The molecule has 0 aliphatic carbocycles. The van der Waals surface area contributed by atoms with Gasteiger partial charge in [0.1, 0.15) is 22.3 Å². The van der Waals surface area contributed by atoms with Gasteiger partial charge in [-0.25, -0.2) is 23.3 Å². The van der Waals surface area contributed by atoms with E-state index in [4.69, 9.17) is 4.78 Å². The Hall–Kier alpha value is -2.21. The van der Waals surface area contributed by atoms with Gasteiger partial charge in [0, 0.05) is 19.4 Å². The predicted molar refractivity (Wildman–Crippen MR) is 79.2 cm³/mol. The summed E-state index contributed by atoms with van der Waals surface area (Å²) in [7, 11) is -3.34. The van der Waals surface area contributed by atoms with Crippen LogP contribution >= 0.6 is 0 Å². The topological polar surface area (TPSA) is 69.9 Å². The molecule has 0 saturated heterocycles. The van der Waals surface area contributed by atoms with E-state index in [0.717, 1.165) is 25.8 Å². The van der Waals surface area contributed by atoms with Crippen molar-refractivity contribution >= 4 is 9.92 Å². The van der Waals surface area contributed by atoms with E-state index >= 15 is 0 Å². The van der Waals surface area contributed by atoms with Crippen molar-refractivity contribution < 1.29 is 30.6 Å². The zero-order valence-corrected chi connectivity index (χ0v) is 13.9. The Morgan fingerprint density at radius 2 is 1.54 bits per heavy atom. The van der Waals surface area contributed by atoms with Crippen molar-refractivity contribution in [2.24, 2.45) is 0 Å². The molecule has 2 atom stereocenters. The lowest BCUT2D eigenvalue weighted by Crippen LogP contribution is -2.39. The molecule has 1 heterocycles. The molecule has 1 aromatic heterocycles. The molecular formula is C14H12F6N4OS. The van der Waals surface area contributed by atoms with Crippen molar-refractivity contribution in [1.82, 2.24) is 14.3 Å². The number of aromatic nitrogens is 2. The summed E-state index contributed by atoms with van der Waals surface area (Å²) >= 11 is 0. The smallest absolute Gasteiger partial charge is 0.243 e. The normalized spacial score (nSPS) is 16.3. The Bertz CT molecular complexity index is 850. The van der Waals surface area contributed by atoms with Crippen molar-refractivity contribution in [1.29, 1.82) is 4.78 Å². The first-order chi connectivity index (χ1) is 11.8. The van der Waals surface area contributed by atoms with E-state index in [0.29, 0.717) is 24.3 Å². The third kappa shape index (κ3) is 4.12. The molecule has 0 fully saturated rings. The molecule has 2 aromatic rings. The Morgan fingerprint density at radius 1 is 1.04 bits per heavy atom. The average molecular weight is 398 g/mol. The fourth-order valence-corrected chi connectivity index (χ4v) is 3.48. The van der Waals surface area contributed by atoms with E-state index in [-0.39, 0.29) is 9.20 Å². The van der Waals surface area contributed by atoms with Gasteiger partial charge in [-0.3, -0.25) is 0 Å². The summed E-state index contributed by atoms with van der Waals surface area (Å²) in [6.07, 6.45) is -6.76. The Balaban J connectivity index is 2.49. The number of alkyl halides is 6. The summed E-state index contributed by atoms with van der Waals surface area (Å²) in [5, 5.41) is 0. The molecule has 12 heteroatoms. The van der Waals surface area contributed by atoms with Gasteiger partial charge in [-0.05, 0) is 17.7 Å². The van der Waals surface area contributed by atoms with Gasteiger partial charge in [0.15, 0.2) is 0 Å². The monoisotopic (exact) mass is 398 g/mol. The molecule has 142 valence electrons. The molecule has 1 N–H and O–H groups in total. The first-order valence-electron chi connectivity index (χ1n) is 6.86. The summed E-state index contributed by atoms with van der Waals surface area (Å²) in [6.45, 7) is 0. The Morgan fingerprint density at radius 3 is 1.96 bits per heavy atom. The van der Waals surface area contributed by atoms with Crippen molar-refractivity contribution in [2.45, 2.75) is 23.3 Å². The molecule has 0 aliphatic heterocycles. The van der Waals surface area contributed by atoms with Crippen LogP contribution in [0.25, 0.3) is 0 Å². The van der Waals surface area contributed by atoms with Crippen molar-refractivity contribution in [2.75, 3.05) is 7.05 Å². The quantitative estimate of drug-likeness (QED) is 0.790. The number of benzene rings is 1. The molecule has 5 nitrogen and oxygen atoms in total. The molecule has 0 amide bonds. The summed E-state index contributed by atoms with van der Waals surface area (Å²) in [5.74, 6) is 0. The van der Waals surface area contributed by atoms with Gasteiger partial charge < -0.3 is 0 Å². The van der Waals surface area contributed by atoms with E-state index in [1.54, 1.807) is 0 Å². The van der Waals surface area contributed by atoms with Crippen LogP contribution in [0.4, 0.5) is 26.3 Å². The van der Waals surface area contributed by atoms with Crippen LogP contribution in [0.1, 0.15) is 17.2 Å². The minimum Gasteiger partial charge on any atom is -0.243 e. The average Bonchev–Trinajstić information content (AvgIpc) is 2.54.